The number of hydrogen-bond donors (Lipinski definition) is 0. The van der Waals surface area contributed by atoms with Gasteiger partial charge in [-0.3, -0.25) is 0 Å². The second kappa shape index (κ2) is 23.7. The molecule has 0 saturated heterocycles. The first-order valence-electron chi connectivity index (χ1n) is 35.0. The van der Waals surface area contributed by atoms with Gasteiger partial charge in [-0.15, -0.1) is 0 Å². The zero-order valence-corrected chi connectivity index (χ0v) is 54.6. The summed E-state index contributed by atoms with van der Waals surface area (Å²) in [5, 5.41) is 0. The van der Waals surface area contributed by atoms with E-state index in [0.717, 1.165) is 116 Å². The van der Waals surface area contributed by atoms with Crippen LogP contribution in [0.5, 0.6) is 0 Å². The van der Waals surface area contributed by atoms with Crippen molar-refractivity contribution in [3.05, 3.63) is 0 Å². The summed E-state index contributed by atoms with van der Waals surface area (Å²) in [4.78, 5) is 0. The molecule has 0 aromatic carbocycles. The van der Waals surface area contributed by atoms with Gasteiger partial charge in [0.2, 0.25) is 0 Å². The summed E-state index contributed by atoms with van der Waals surface area (Å²) in [5.41, 5.74) is 5.40. The van der Waals surface area contributed by atoms with Gasteiger partial charge in [0.15, 0.2) is 0 Å². The van der Waals surface area contributed by atoms with Crippen molar-refractivity contribution in [3.8, 4) is 0 Å². The molecule has 18 aliphatic rings. The maximum Gasteiger partial charge on any atom is -0.0241 e. The van der Waals surface area contributed by atoms with E-state index in [9.17, 15) is 0 Å². The standard InChI is InChI=1S/2C14H24.C13H22.C12H20.C9H18.C8H16.C5H12/c1-13(2,3)14-7-10-4-11(8-14)6-12(5-10)9-14;1-9(2)14(3)12-5-10-4-11(7-12)8-13(14)6-10;1-3-13(2)11-5-9-4-10(7-11)8-12(13)6-9;1-12(2)10-4-8-3-9(6-10)7-11(12)5-8;1-3-9(2)7-5-4-6-8-9;1-3-8(2)6-4-5-7-8;1-5(2,3)4/h10-12H,4-9H2,1-3H3;9-13H,4-8H2,1-3H3;9-12H,3-8H2,1-2H3;8-11H,3-7H2,1-2H3;3-8H2,1-2H3;3-7H2,1-2H3;1-4H3. The van der Waals surface area contributed by atoms with E-state index in [1.165, 1.54) is 77.0 Å². The van der Waals surface area contributed by atoms with Gasteiger partial charge in [0.25, 0.3) is 0 Å². The molecule has 0 unspecified atom stereocenters. The molecule has 0 N–H and O–H groups in total. The molecule has 16 bridgehead atoms. The van der Waals surface area contributed by atoms with Crippen molar-refractivity contribution >= 4 is 0 Å². The van der Waals surface area contributed by atoms with Crippen LogP contribution in [0.2, 0.25) is 0 Å². The van der Waals surface area contributed by atoms with Crippen LogP contribution in [0.15, 0.2) is 0 Å². The van der Waals surface area contributed by atoms with Gasteiger partial charge in [0.1, 0.15) is 0 Å². The van der Waals surface area contributed by atoms with Crippen molar-refractivity contribution in [1.29, 1.82) is 0 Å². The normalized spacial score (nSPS) is 45.6. The van der Waals surface area contributed by atoms with Crippen LogP contribution in [-0.2, 0) is 0 Å². The second-order valence-corrected chi connectivity index (χ2v) is 36.7. The molecule has 0 radical (unpaired) electrons. The van der Waals surface area contributed by atoms with Gasteiger partial charge in [-0.25, -0.2) is 0 Å². The molecule has 18 aliphatic carbocycles. The van der Waals surface area contributed by atoms with Crippen LogP contribution >= 0.6 is 0 Å². The quantitative estimate of drug-likeness (QED) is 0.263. The predicted octanol–water partition coefficient (Wildman–Crippen LogP) is 24.1. The largest absolute Gasteiger partial charge is 0.0649 e. The summed E-state index contributed by atoms with van der Waals surface area (Å²) in [6, 6.07) is 0. The van der Waals surface area contributed by atoms with Crippen molar-refractivity contribution < 1.29 is 0 Å². The maximum absolute atomic E-state index is 2.60. The lowest BCUT2D eigenvalue weighted by Crippen LogP contribution is -2.53. The summed E-state index contributed by atoms with van der Waals surface area (Å²) in [7, 11) is 0. The highest BCUT2D eigenvalue weighted by Crippen LogP contribution is 2.68. The molecule has 0 aromatic rings. The van der Waals surface area contributed by atoms with Crippen LogP contribution in [0.1, 0.15) is 337 Å². The second-order valence-electron chi connectivity index (χ2n) is 36.7. The van der Waals surface area contributed by atoms with E-state index in [-0.39, 0.29) is 0 Å². The third-order valence-corrected chi connectivity index (χ3v) is 28.4. The molecule has 18 fully saturated rings. The Morgan fingerprint density at radius 1 is 0.347 bits per heavy atom. The minimum absolute atomic E-state index is 0.500. The summed E-state index contributed by atoms with van der Waals surface area (Å²) in [6.45, 7) is 43.3. The molecule has 0 heteroatoms. The highest BCUT2D eigenvalue weighted by molar-refractivity contribution is 5.08. The molecule has 0 spiro atoms. The molecular weight excluding hydrogens is 901 g/mol. The Morgan fingerprint density at radius 2 is 0.613 bits per heavy atom. The van der Waals surface area contributed by atoms with E-state index in [1.807, 2.05) is 0 Å². The van der Waals surface area contributed by atoms with E-state index >= 15 is 0 Å². The minimum atomic E-state index is 0.500. The lowest BCUT2D eigenvalue weighted by atomic mass is 9.43. The Labute approximate surface area is 472 Å². The van der Waals surface area contributed by atoms with Gasteiger partial charge in [0.05, 0.1) is 0 Å². The van der Waals surface area contributed by atoms with E-state index < -0.39 is 0 Å². The van der Waals surface area contributed by atoms with Crippen molar-refractivity contribution in [2.75, 3.05) is 0 Å². The molecular formula is C75H136. The van der Waals surface area contributed by atoms with Crippen molar-refractivity contribution in [3.63, 3.8) is 0 Å². The highest BCUT2D eigenvalue weighted by Gasteiger charge is 2.58. The zero-order valence-electron chi connectivity index (χ0n) is 54.6. The lowest BCUT2D eigenvalue weighted by molar-refractivity contribution is -0.122. The number of rotatable bonds is 4. The third kappa shape index (κ3) is 13.9. The fourth-order valence-electron chi connectivity index (χ4n) is 22.8. The topological polar surface area (TPSA) is 0 Å². The van der Waals surface area contributed by atoms with Gasteiger partial charge in [-0.2, -0.15) is 0 Å². The van der Waals surface area contributed by atoms with Crippen LogP contribution in [0.4, 0.5) is 0 Å². The SMILES string of the molecule is CC(C)(C)C.CC(C)(C)C12CC3CC(CC(C3)C1)C2.CC(C)C1(C)C2CC3CC(C2)CC1C3.CC1(C)C2CC3CC(C2)CC1C3.CCC1(C)C2CC3CC(C2)CC1C3.CCC1(C)CCCC1.CCC1(C)CCCCC1. The Bertz CT molecular complexity index is 1630. The van der Waals surface area contributed by atoms with Crippen LogP contribution in [0.3, 0.4) is 0 Å². The van der Waals surface area contributed by atoms with Crippen molar-refractivity contribution in [1.82, 2.24) is 0 Å². The van der Waals surface area contributed by atoms with Crippen LogP contribution in [0, 0.1) is 138 Å². The molecule has 0 atom stereocenters. The first kappa shape index (κ1) is 61.1. The Morgan fingerprint density at radius 3 is 0.867 bits per heavy atom. The van der Waals surface area contributed by atoms with E-state index in [2.05, 4.69) is 125 Å². The third-order valence-electron chi connectivity index (χ3n) is 28.4. The molecule has 0 aromatic heterocycles. The molecule has 0 amide bonds. The summed E-state index contributed by atoms with van der Waals surface area (Å²) in [5.74, 6) is 17.6. The van der Waals surface area contributed by atoms with E-state index in [4.69, 9.17) is 0 Å². The number of hydrogen-bond acceptors (Lipinski definition) is 0. The average Bonchev–Trinajstić information content (AvgIpc) is 3.78. The summed E-state index contributed by atoms with van der Waals surface area (Å²) >= 11 is 0. The van der Waals surface area contributed by atoms with Crippen molar-refractivity contribution in [2.45, 2.75) is 337 Å². The molecule has 0 nitrogen and oxygen atoms in total. The molecule has 436 valence electrons. The van der Waals surface area contributed by atoms with Gasteiger partial charge >= 0.3 is 0 Å². The summed E-state index contributed by atoms with van der Waals surface area (Å²) in [6.07, 6.45) is 50.5. The molecule has 18 rings (SSSR count). The highest BCUT2D eigenvalue weighted by atomic mass is 14.6. The van der Waals surface area contributed by atoms with Crippen LogP contribution in [0.25, 0.3) is 0 Å². The van der Waals surface area contributed by atoms with E-state index in [0.29, 0.717) is 21.7 Å². The smallest absolute Gasteiger partial charge is 0.0241 e. The lowest BCUT2D eigenvalue weighted by Gasteiger charge is -2.62. The Kier molecular flexibility index (Phi) is 19.3. The Hall–Kier alpha value is 0. The van der Waals surface area contributed by atoms with Gasteiger partial charge in [-0.1, -0.05) is 176 Å². The summed E-state index contributed by atoms with van der Waals surface area (Å²) < 4.78 is 0. The van der Waals surface area contributed by atoms with E-state index in [1.54, 1.807) is 135 Å². The van der Waals surface area contributed by atoms with Gasteiger partial charge in [0, 0.05) is 0 Å². The van der Waals surface area contributed by atoms with Crippen LogP contribution < -0.4 is 0 Å². The first-order valence-corrected chi connectivity index (χ1v) is 35.0. The zero-order chi connectivity index (χ0) is 54.6. The predicted molar refractivity (Wildman–Crippen MR) is 330 cm³/mol. The van der Waals surface area contributed by atoms with Crippen LogP contribution in [-0.4, -0.2) is 0 Å². The van der Waals surface area contributed by atoms with Crippen molar-refractivity contribution in [2.24, 2.45) is 138 Å². The Balaban J connectivity index is 0.000000119. The average molecular weight is 1040 g/mol. The molecule has 75 heavy (non-hydrogen) atoms. The molecule has 18 saturated carbocycles. The monoisotopic (exact) mass is 1040 g/mol. The fraction of sp³-hybridized carbons (Fsp3) is 1.00. The minimum Gasteiger partial charge on any atom is -0.0649 e. The molecule has 0 aliphatic heterocycles. The van der Waals surface area contributed by atoms with Gasteiger partial charge in [-0.05, 0) is 299 Å². The first-order chi connectivity index (χ1) is 35.0. The molecule has 0 heterocycles. The fourth-order valence-corrected chi connectivity index (χ4v) is 22.8. The van der Waals surface area contributed by atoms with Gasteiger partial charge < -0.3 is 0 Å². The maximum atomic E-state index is 2.60.